The standard InChI is InChI=1S/C23H24ClN3O2S2/c1-15-3-5-16(6-4-15)14-26-9-11-27(12-10-26)23(30)25-17-7-8-18-19(13-17)31-21(20(18)24)22(28)29-2/h3-8,13H,9-12,14H2,1-2H3,(H,25,30). The number of fused-ring (bicyclic) bond motifs is 1. The Morgan fingerprint density at radius 2 is 1.87 bits per heavy atom. The number of hydrogen-bond donors (Lipinski definition) is 1. The van der Waals surface area contributed by atoms with Gasteiger partial charge in [-0.2, -0.15) is 0 Å². The molecule has 0 radical (unpaired) electrons. The van der Waals surface area contributed by atoms with Gasteiger partial charge in [0.2, 0.25) is 0 Å². The first kappa shape index (κ1) is 22.0. The SMILES string of the molecule is COC(=O)c1sc2cc(NC(=S)N3CCN(Cc4ccc(C)cc4)CC3)ccc2c1Cl. The molecule has 0 aliphatic carbocycles. The van der Waals surface area contributed by atoms with E-state index in [1.807, 2.05) is 18.2 Å². The molecule has 5 nitrogen and oxygen atoms in total. The Balaban J connectivity index is 1.36. The summed E-state index contributed by atoms with van der Waals surface area (Å²) >= 11 is 13.3. The first-order chi connectivity index (χ1) is 14.9. The lowest BCUT2D eigenvalue weighted by atomic mass is 10.1. The van der Waals surface area contributed by atoms with Gasteiger partial charge in [-0.15, -0.1) is 11.3 Å². The van der Waals surface area contributed by atoms with Crippen LogP contribution in [-0.4, -0.2) is 54.2 Å². The summed E-state index contributed by atoms with van der Waals surface area (Å²) < 4.78 is 5.73. The minimum atomic E-state index is -0.417. The maximum absolute atomic E-state index is 11.9. The van der Waals surface area contributed by atoms with Crippen molar-refractivity contribution in [2.75, 3.05) is 38.6 Å². The fraction of sp³-hybridized carbons (Fsp3) is 0.304. The molecule has 1 aliphatic heterocycles. The van der Waals surface area contributed by atoms with E-state index < -0.39 is 5.97 Å². The second-order valence-corrected chi connectivity index (χ2v) is 9.44. The van der Waals surface area contributed by atoms with Crippen LogP contribution in [0.5, 0.6) is 0 Å². The maximum Gasteiger partial charge on any atom is 0.349 e. The number of nitrogens with one attached hydrogen (secondary N) is 1. The Labute approximate surface area is 196 Å². The molecule has 0 saturated carbocycles. The third kappa shape index (κ3) is 5.01. The van der Waals surface area contributed by atoms with E-state index in [0.29, 0.717) is 15.0 Å². The number of aryl methyl sites for hydroxylation is 1. The highest BCUT2D eigenvalue weighted by Crippen LogP contribution is 2.37. The smallest absolute Gasteiger partial charge is 0.349 e. The summed E-state index contributed by atoms with van der Waals surface area (Å²) in [4.78, 5) is 17.0. The van der Waals surface area contributed by atoms with Crippen LogP contribution in [0.2, 0.25) is 5.02 Å². The number of thiocarbonyl (C=S) groups is 1. The molecule has 1 aliphatic rings. The van der Waals surface area contributed by atoms with E-state index in [1.165, 1.54) is 29.6 Å². The third-order valence-electron chi connectivity index (χ3n) is 5.44. The van der Waals surface area contributed by atoms with Crippen molar-refractivity contribution in [3.8, 4) is 0 Å². The Hall–Kier alpha value is -2.19. The van der Waals surface area contributed by atoms with Crippen LogP contribution in [0.15, 0.2) is 42.5 Å². The van der Waals surface area contributed by atoms with Crippen molar-refractivity contribution in [1.82, 2.24) is 9.80 Å². The van der Waals surface area contributed by atoms with Gasteiger partial charge in [-0.3, -0.25) is 4.90 Å². The first-order valence-electron chi connectivity index (χ1n) is 10.1. The molecular formula is C23H24ClN3O2S2. The third-order valence-corrected chi connectivity index (χ3v) is 7.44. The van der Waals surface area contributed by atoms with E-state index in [9.17, 15) is 4.79 Å². The van der Waals surface area contributed by atoms with E-state index >= 15 is 0 Å². The summed E-state index contributed by atoms with van der Waals surface area (Å²) in [5.74, 6) is -0.417. The lowest BCUT2D eigenvalue weighted by Gasteiger charge is -2.36. The molecule has 3 aromatic rings. The summed E-state index contributed by atoms with van der Waals surface area (Å²) in [5, 5.41) is 5.32. The summed E-state index contributed by atoms with van der Waals surface area (Å²) in [7, 11) is 1.36. The van der Waals surface area contributed by atoms with Crippen LogP contribution < -0.4 is 5.32 Å². The van der Waals surface area contributed by atoms with E-state index in [2.05, 4.69) is 46.3 Å². The molecule has 0 atom stereocenters. The van der Waals surface area contributed by atoms with Gasteiger partial charge in [0.1, 0.15) is 4.88 Å². The Kier molecular flexibility index (Phi) is 6.77. The van der Waals surface area contributed by atoms with E-state index in [-0.39, 0.29) is 0 Å². The fourth-order valence-electron chi connectivity index (χ4n) is 3.63. The van der Waals surface area contributed by atoms with Crippen LogP contribution in [0, 0.1) is 6.92 Å². The predicted molar refractivity (Wildman–Crippen MR) is 132 cm³/mol. The molecule has 0 bridgehead atoms. The number of rotatable bonds is 4. The Morgan fingerprint density at radius 3 is 2.55 bits per heavy atom. The number of carbonyl (C=O) groups excluding carboxylic acids is 1. The lowest BCUT2D eigenvalue weighted by Crippen LogP contribution is -2.49. The highest BCUT2D eigenvalue weighted by atomic mass is 35.5. The van der Waals surface area contributed by atoms with Crippen LogP contribution in [0.3, 0.4) is 0 Å². The second kappa shape index (κ2) is 9.53. The number of piperazine rings is 1. The maximum atomic E-state index is 11.9. The van der Waals surface area contributed by atoms with Crippen molar-refractivity contribution < 1.29 is 9.53 Å². The molecule has 0 unspecified atom stereocenters. The second-order valence-electron chi connectivity index (χ2n) is 7.63. The van der Waals surface area contributed by atoms with Crippen molar-refractivity contribution in [3.63, 3.8) is 0 Å². The summed E-state index contributed by atoms with van der Waals surface area (Å²) in [5.41, 5.74) is 3.51. The van der Waals surface area contributed by atoms with Gasteiger partial charge in [0.05, 0.1) is 12.1 Å². The van der Waals surface area contributed by atoms with Gasteiger partial charge in [0, 0.05) is 48.5 Å². The topological polar surface area (TPSA) is 44.8 Å². The molecule has 2 aromatic carbocycles. The largest absolute Gasteiger partial charge is 0.465 e. The van der Waals surface area contributed by atoms with Crippen LogP contribution in [-0.2, 0) is 11.3 Å². The van der Waals surface area contributed by atoms with Crippen molar-refractivity contribution in [2.45, 2.75) is 13.5 Å². The number of benzene rings is 2. The minimum Gasteiger partial charge on any atom is -0.465 e. The van der Waals surface area contributed by atoms with Crippen LogP contribution >= 0.6 is 35.2 Å². The molecular weight excluding hydrogens is 450 g/mol. The number of anilines is 1. The number of carbonyl (C=O) groups is 1. The highest BCUT2D eigenvalue weighted by molar-refractivity contribution is 7.80. The summed E-state index contributed by atoms with van der Waals surface area (Å²) in [6.45, 7) is 6.79. The van der Waals surface area contributed by atoms with Crippen LogP contribution in [0.25, 0.3) is 10.1 Å². The summed E-state index contributed by atoms with van der Waals surface area (Å²) in [6, 6.07) is 14.5. The molecule has 1 aromatic heterocycles. The molecule has 2 heterocycles. The number of hydrogen-bond acceptors (Lipinski definition) is 5. The van der Waals surface area contributed by atoms with Gasteiger partial charge >= 0.3 is 5.97 Å². The van der Waals surface area contributed by atoms with Crippen molar-refractivity contribution in [2.24, 2.45) is 0 Å². The van der Waals surface area contributed by atoms with Gasteiger partial charge < -0.3 is 15.0 Å². The Bertz CT molecular complexity index is 1110. The number of halogens is 1. The zero-order valence-corrected chi connectivity index (χ0v) is 19.9. The highest BCUT2D eigenvalue weighted by Gasteiger charge is 2.20. The average molecular weight is 474 g/mol. The van der Waals surface area contributed by atoms with Crippen LogP contribution in [0.4, 0.5) is 5.69 Å². The molecule has 8 heteroatoms. The molecule has 4 rings (SSSR count). The molecule has 1 fully saturated rings. The quantitative estimate of drug-likeness (QED) is 0.417. The van der Waals surface area contributed by atoms with Gasteiger partial charge in [-0.25, -0.2) is 4.79 Å². The zero-order chi connectivity index (χ0) is 22.0. The van der Waals surface area contributed by atoms with Crippen molar-refractivity contribution >= 4 is 62.0 Å². The first-order valence-corrected chi connectivity index (χ1v) is 11.7. The monoisotopic (exact) mass is 473 g/mol. The number of thiophene rings is 1. The molecule has 0 amide bonds. The Morgan fingerprint density at radius 1 is 1.16 bits per heavy atom. The normalized spacial score (nSPS) is 14.6. The molecule has 162 valence electrons. The van der Waals surface area contributed by atoms with E-state index in [4.69, 9.17) is 28.6 Å². The number of ether oxygens (including phenoxy) is 1. The van der Waals surface area contributed by atoms with E-state index in [0.717, 1.165) is 48.5 Å². The average Bonchev–Trinajstić information content (AvgIpc) is 3.11. The lowest BCUT2D eigenvalue weighted by molar-refractivity contribution is 0.0606. The predicted octanol–water partition coefficient (Wildman–Crippen LogP) is 5.16. The fourth-order valence-corrected chi connectivity index (χ4v) is 5.40. The molecule has 1 N–H and O–H groups in total. The number of esters is 1. The van der Waals surface area contributed by atoms with Crippen molar-refractivity contribution in [1.29, 1.82) is 0 Å². The zero-order valence-electron chi connectivity index (χ0n) is 17.5. The minimum absolute atomic E-state index is 0.417. The van der Waals surface area contributed by atoms with Crippen LogP contribution in [0.1, 0.15) is 20.8 Å². The number of methoxy groups -OCH3 is 1. The molecule has 1 saturated heterocycles. The van der Waals surface area contributed by atoms with Crippen molar-refractivity contribution in [3.05, 3.63) is 63.5 Å². The molecule has 31 heavy (non-hydrogen) atoms. The van der Waals surface area contributed by atoms with Gasteiger partial charge in [0.15, 0.2) is 5.11 Å². The van der Waals surface area contributed by atoms with Gasteiger partial charge in [-0.05, 0) is 42.9 Å². The van der Waals surface area contributed by atoms with E-state index in [1.54, 1.807) is 0 Å². The molecule has 0 spiro atoms. The number of nitrogens with zero attached hydrogens (tertiary/aromatic N) is 2. The summed E-state index contributed by atoms with van der Waals surface area (Å²) in [6.07, 6.45) is 0. The van der Waals surface area contributed by atoms with Gasteiger partial charge in [0.25, 0.3) is 0 Å². The van der Waals surface area contributed by atoms with Gasteiger partial charge in [-0.1, -0.05) is 41.4 Å².